The van der Waals surface area contributed by atoms with Gasteiger partial charge in [0, 0.05) is 38.1 Å². The highest BCUT2D eigenvalue weighted by atomic mass is 16.3. The highest BCUT2D eigenvalue weighted by Gasteiger charge is 2.21. The minimum absolute atomic E-state index is 0.0592. The van der Waals surface area contributed by atoms with E-state index in [-0.39, 0.29) is 5.91 Å². The van der Waals surface area contributed by atoms with Gasteiger partial charge in [-0.1, -0.05) is 0 Å². The van der Waals surface area contributed by atoms with Gasteiger partial charge in [-0.25, -0.2) is 0 Å². The van der Waals surface area contributed by atoms with E-state index in [9.17, 15) is 4.79 Å². The second-order valence-corrected chi connectivity index (χ2v) is 5.35. The van der Waals surface area contributed by atoms with E-state index in [0.29, 0.717) is 11.7 Å². The summed E-state index contributed by atoms with van der Waals surface area (Å²) < 4.78 is 7.15. The highest BCUT2D eigenvalue weighted by Crippen LogP contribution is 2.19. The van der Waals surface area contributed by atoms with E-state index in [1.807, 2.05) is 34.0 Å². The Labute approximate surface area is 123 Å². The fourth-order valence-corrected chi connectivity index (χ4v) is 2.65. The fraction of sp³-hybridized carbons (Fsp3) is 0.375. The van der Waals surface area contributed by atoms with Crippen LogP contribution < -0.4 is 0 Å². The average Bonchev–Trinajstić information content (AvgIpc) is 3.19. The van der Waals surface area contributed by atoms with Gasteiger partial charge in [0.2, 0.25) is 5.91 Å². The molecule has 0 N–H and O–H groups in total. The molecule has 0 unspecified atom stereocenters. The molecule has 1 saturated heterocycles. The first-order valence-corrected chi connectivity index (χ1v) is 7.29. The molecule has 0 bridgehead atoms. The maximum atomic E-state index is 12.1. The Bertz CT molecular complexity index is 579. The van der Waals surface area contributed by atoms with Gasteiger partial charge in [0.1, 0.15) is 5.76 Å². The molecule has 1 aliphatic rings. The summed E-state index contributed by atoms with van der Waals surface area (Å²) in [6.45, 7) is 2.57. The summed E-state index contributed by atoms with van der Waals surface area (Å²) in [5.41, 5.74) is 0. The molecule has 0 radical (unpaired) electrons. The Morgan fingerprint density at radius 3 is 2.90 bits per heavy atom. The van der Waals surface area contributed by atoms with E-state index in [1.54, 1.807) is 24.6 Å². The normalized spacial score (nSPS) is 16.7. The molecule has 1 aliphatic heterocycles. The predicted octanol–water partition coefficient (Wildman–Crippen LogP) is 2.43. The average molecular weight is 285 g/mol. The van der Waals surface area contributed by atoms with Crippen molar-refractivity contribution < 1.29 is 9.21 Å². The van der Waals surface area contributed by atoms with Crippen LogP contribution in [0, 0.1) is 5.92 Å². The monoisotopic (exact) mass is 285 g/mol. The Balaban J connectivity index is 1.47. The topological polar surface area (TPSA) is 51.3 Å². The number of nitrogens with zero attached hydrogens (tertiary/aromatic N) is 3. The van der Waals surface area contributed by atoms with Crippen LogP contribution >= 0.6 is 0 Å². The van der Waals surface area contributed by atoms with E-state index in [4.69, 9.17) is 4.42 Å². The third kappa shape index (κ3) is 3.62. The summed E-state index contributed by atoms with van der Waals surface area (Å²) in [4.78, 5) is 14.0. The van der Waals surface area contributed by atoms with Gasteiger partial charge >= 0.3 is 0 Å². The molecule has 110 valence electrons. The van der Waals surface area contributed by atoms with Crippen LogP contribution in [0.25, 0.3) is 6.08 Å². The number of hydrogen-bond acceptors (Lipinski definition) is 3. The summed E-state index contributed by atoms with van der Waals surface area (Å²) >= 11 is 0. The number of hydrogen-bond donors (Lipinski definition) is 0. The Hall–Kier alpha value is -2.30. The number of rotatable bonds is 4. The van der Waals surface area contributed by atoms with Gasteiger partial charge in [-0.3, -0.25) is 9.48 Å². The van der Waals surface area contributed by atoms with E-state index >= 15 is 0 Å². The summed E-state index contributed by atoms with van der Waals surface area (Å²) in [6, 6.07) is 5.59. The van der Waals surface area contributed by atoms with Gasteiger partial charge in [-0.05, 0) is 43.0 Å². The summed E-state index contributed by atoms with van der Waals surface area (Å²) in [5.74, 6) is 1.36. The van der Waals surface area contributed by atoms with Crippen LogP contribution in [0.15, 0.2) is 47.3 Å². The lowest BCUT2D eigenvalue weighted by Crippen LogP contribution is -2.38. The van der Waals surface area contributed by atoms with Crippen molar-refractivity contribution in [1.29, 1.82) is 0 Å². The van der Waals surface area contributed by atoms with Crippen molar-refractivity contribution in [1.82, 2.24) is 14.7 Å². The molecule has 21 heavy (non-hydrogen) atoms. The molecular formula is C16H19N3O2. The largest absolute Gasteiger partial charge is 0.465 e. The van der Waals surface area contributed by atoms with Crippen molar-refractivity contribution in [3.05, 3.63) is 48.7 Å². The van der Waals surface area contributed by atoms with Gasteiger partial charge in [-0.2, -0.15) is 5.10 Å². The molecule has 0 saturated carbocycles. The van der Waals surface area contributed by atoms with Gasteiger partial charge in [0.05, 0.1) is 6.26 Å². The van der Waals surface area contributed by atoms with Gasteiger partial charge < -0.3 is 9.32 Å². The van der Waals surface area contributed by atoms with Gasteiger partial charge in [-0.15, -0.1) is 0 Å². The molecule has 2 aromatic rings. The molecule has 0 spiro atoms. The van der Waals surface area contributed by atoms with Crippen molar-refractivity contribution in [3.63, 3.8) is 0 Å². The van der Waals surface area contributed by atoms with Crippen LogP contribution in [-0.2, 0) is 11.3 Å². The number of carbonyl (C=O) groups is 1. The minimum atomic E-state index is 0.0592. The van der Waals surface area contributed by atoms with E-state index in [0.717, 1.165) is 32.5 Å². The number of aromatic nitrogens is 2. The second kappa shape index (κ2) is 6.43. The minimum Gasteiger partial charge on any atom is -0.465 e. The molecule has 0 aromatic carbocycles. The number of furan rings is 1. The van der Waals surface area contributed by atoms with Crippen molar-refractivity contribution >= 4 is 12.0 Å². The Kier molecular flexibility index (Phi) is 4.19. The molecule has 1 fully saturated rings. The summed E-state index contributed by atoms with van der Waals surface area (Å²) in [6.07, 6.45) is 10.8. The molecule has 1 amide bonds. The third-order valence-electron chi connectivity index (χ3n) is 3.86. The summed E-state index contributed by atoms with van der Waals surface area (Å²) in [5, 5.41) is 4.24. The number of amides is 1. The molecule has 3 rings (SSSR count). The number of carbonyl (C=O) groups excluding carboxylic acids is 1. The van der Waals surface area contributed by atoms with Crippen LogP contribution in [0.3, 0.4) is 0 Å². The van der Waals surface area contributed by atoms with E-state index < -0.39 is 0 Å². The quantitative estimate of drug-likeness (QED) is 0.811. The lowest BCUT2D eigenvalue weighted by atomic mass is 9.97. The van der Waals surface area contributed by atoms with E-state index in [2.05, 4.69) is 5.10 Å². The smallest absolute Gasteiger partial charge is 0.246 e. The van der Waals surface area contributed by atoms with Crippen molar-refractivity contribution in [3.8, 4) is 0 Å². The van der Waals surface area contributed by atoms with Crippen molar-refractivity contribution in [2.24, 2.45) is 5.92 Å². The second-order valence-electron chi connectivity index (χ2n) is 5.35. The maximum absolute atomic E-state index is 12.1. The lowest BCUT2D eigenvalue weighted by Gasteiger charge is -2.31. The fourth-order valence-electron chi connectivity index (χ4n) is 2.65. The van der Waals surface area contributed by atoms with Crippen LogP contribution in [0.1, 0.15) is 18.6 Å². The first kappa shape index (κ1) is 13.7. The van der Waals surface area contributed by atoms with Gasteiger partial charge in [0.25, 0.3) is 0 Å². The molecule has 5 heteroatoms. The standard InChI is InChI=1S/C16H19N3O2/c20-16(5-4-15-3-1-12-21-15)18-10-6-14(7-11-18)13-19-9-2-8-17-19/h1-5,8-9,12,14H,6-7,10-11,13H2/b5-4+. The van der Waals surface area contributed by atoms with Crippen LogP contribution in [-0.4, -0.2) is 33.7 Å². The maximum Gasteiger partial charge on any atom is 0.246 e. The van der Waals surface area contributed by atoms with Crippen LogP contribution in [0.4, 0.5) is 0 Å². The number of piperidine rings is 1. The predicted molar refractivity (Wildman–Crippen MR) is 79.3 cm³/mol. The van der Waals surface area contributed by atoms with Crippen LogP contribution in [0.5, 0.6) is 0 Å². The zero-order valence-electron chi connectivity index (χ0n) is 11.9. The Morgan fingerprint density at radius 2 is 2.24 bits per heavy atom. The first-order valence-electron chi connectivity index (χ1n) is 7.29. The molecular weight excluding hydrogens is 266 g/mol. The third-order valence-corrected chi connectivity index (χ3v) is 3.86. The zero-order valence-corrected chi connectivity index (χ0v) is 11.9. The van der Waals surface area contributed by atoms with Gasteiger partial charge in [0.15, 0.2) is 0 Å². The number of likely N-dealkylation sites (tertiary alicyclic amines) is 1. The van der Waals surface area contributed by atoms with E-state index in [1.165, 1.54) is 0 Å². The molecule has 0 aliphatic carbocycles. The first-order chi connectivity index (χ1) is 10.3. The Morgan fingerprint density at radius 1 is 1.38 bits per heavy atom. The molecule has 3 heterocycles. The van der Waals surface area contributed by atoms with Crippen LogP contribution in [0.2, 0.25) is 0 Å². The molecule has 2 aromatic heterocycles. The zero-order chi connectivity index (χ0) is 14.5. The molecule has 5 nitrogen and oxygen atoms in total. The SMILES string of the molecule is O=C(/C=C/c1ccco1)N1CCC(Cn2cccn2)CC1. The molecule has 0 atom stereocenters. The lowest BCUT2D eigenvalue weighted by molar-refractivity contribution is -0.127. The van der Waals surface area contributed by atoms with Crippen molar-refractivity contribution in [2.75, 3.05) is 13.1 Å². The summed E-state index contributed by atoms with van der Waals surface area (Å²) in [7, 11) is 0. The van der Waals surface area contributed by atoms with Crippen molar-refractivity contribution in [2.45, 2.75) is 19.4 Å². The highest BCUT2D eigenvalue weighted by molar-refractivity contribution is 5.91.